The Morgan fingerprint density at radius 3 is 2.03 bits per heavy atom. The summed E-state index contributed by atoms with van der Waals surface area (Å²) in [7, 11) is 1.57. The van der Waals surface area contributed by atoms with Gasteiger partial charge in [0.25, 0.3) is 11.1 Å². The van der Waals surface area contributed by atoms with Crippen LogP contribution in [-0.2, 0) is 13.6 Å². The van der Waals surface area contributed by atoms with Crippen molar-refractivity contribution < 1.29 is 0 Å². The number of hydrogen-bond donors (Lipinski definition) is 1. The molecule has 0 fully saturated rings. The molecular weight excluding hydrogens is 392 g/mol. The van der Waals surface area contributed by atoms with Crippen LogP contribution in [0.2, 0.25) is 0 Å². The molecule has 0 bridgehead atoms. The van der Waals surface area contributed by atoms with Crippen LogP contribution in [-0.4, -0.2) is 13.7 Å². The summed E-state index contributed by atoms with van der Waals surface area (Å²) >= 11 is 0. The Morgan fingerprint density at radius 1 is 0.871 bits per heavy atom. The molecule has 2 aromatic carbocycles. The number of pyridine rings is 1. The molecule has 2 heterocycles. The van der Waals surface area contributed by atoms with E-state index in [1.807, 2.05) is 62.4 Å². The third kappa shape index (κ3) is 3.48. The second-order valence-electron chi connectivity index (χ2n) is 7.65. The average molecular weight is 416 g/mol. The molecule has 0 aliphatic rings. The molecule has 0 unspecified atom stereocenters. The topological polar surface area (TPSA) is 78.0 Å². The maximum atomic E-state index is 13.3. The number of nitrogens with zero attached hydrogens (tertiary/aromatic N) is 3. The molecule has 4 aromatic rings. The van der Waals surface area contributed by atoms with Crippen LogP contribution >= 0.6 is 0 Å². The molecule has 4 rings (SSSR count). The van der Waals surface area contributed by atoms with Gasteiger partial charge in [0.05, 0.1) is 11.4 Å². The fourth-order valence-corrected chi connectivity index (χ4v) is 3.69. The van der Waals surface area contributed by atoms with Crippen LogP contribution in [0.15, 0.2) is 69.0 Å². The zero-order valence-corrected chi connectivity index (χ0v) is 18.0. The van der Waals surface area contributed by atoms with Gasteiger partial charge in [-0.05, 0) is 45.0 Å². The van der Waals surface area contributed by atoms with E-state index in [9.17, 15) is 14.4 Å². The lowest BCUT2D eigenvalue weighted by Crippen LogP contribution is -2.41. The van der Waals surface area contributed by atoms with Gasteiger partial charge in [0, 0.05) is 25.3 Å². The molecule has 0 saturated carbocycles. The molecule has 7 heteroatoms. The standard InChI is InChI=1S/C24H24N4O3/c1-5-27-23(30)21-19(25-17-10-6-15(2)7-11-17)14-20(29)26(4)22(21)28(24(27)31)18-12-8-16(3)9-13-18/h6-14,25H,5H2,1-4H3. The van der Waals surface area contributed by atoms with E-state index in [2.05, 4.69) is 5.32 Å². The Kier molecular flexibility index (Phi) is 5.10. The van der Waals surface area contributed by atoms with Crippen molar-refractivity contribution in [3.63, 3.8) is 0 Å². The van der Waals surface area contributed by atoms with E-state index >= 15 is 0 Å². The van der Waals surface area contributed by atoms with Crippen LogP contribution in [0.3, 0.4) is 0 Å². The minimum Gasteiger partial charge on any atom is -0.355 e. The molecule has 31 heavy (non-hydrogen) atoms. The predicted octanol–water partition coefficient (Wildman–Crippen LogP) is 3.23. The summed E-state index contributed by atoms with van der Waals surface area (Å²) in [6.45, 7) is 5.91. The highest BCUT2D eigenvalue weighted by molar-refractivity contribution is 5.91. The number of aromatic nitrogens is 3. The molecular formula is C24H24N4O3. The number of hydrogen-bond acceptors (Lipinski definition) is 4. The molecule has 7 nitrogen and oxygen atoms in total. The van der Waals surface area contributed by atoms with E-state index in [0.29, 0.717) is 11.4 Å². The van der Waals surface area contributed by atoms with Crippen molar-refractivity contribution in [3.05, 3.63) is 96.9 Å². The summed E-state index contributed by atoms with van der Waals surface area (Å²) in [5.74, 6) is 0. The largest absolute Gasteiger partial charge is 0.355 e. The van der Waals surface area contributed by atoms with E-state index in [0.717, 1.165) is 16.8 Å². The van der Waals surface area contributed by atoms with Crippen molar-refractivity contribution in [2.45, 2.75) is 27.3 Å². The quantitative estimate of drug-likeness (QED) is 0.554. The van der Waals surface area contributed by atoms with Crippen molar-refractivity contribution in [1.82, 2.24) is 13.7 Å². The SMILES string of the molecule is CCn1c(=O)c2c(Nc3ccc(C)cc3)cc(=O)n(C)c2n(-c2ccc(C)cc2)c1=O. The van der Waals surface area contributed by atoms with Crippen molar-refractivity contribution >= 4 is 22.4 Å². The van der Waals surface area contributed by atoms with Gasteiger partial charge in [-0.25, -0.2) is 9.36 Å². The molecule has 0 radical (unpaired) electrons. The zero-order chi connectivity index (χ0) is 22.3. The Labute approximate surface area is 178 Å². The minimum absolute atomic E-state index is 0.215. The highest BCUT2D eigenvalue weighted by Gasteiger charge is 2.20. The third-order valence-corrected chi connectivity index (χ3v) is 5.44. The van der Waals surface area contributed by atoms with E-state index in [-0.39, 0.29) is 23.1 Å². The molecule has 0 amide bonds. The first-order chi connectivity index (χ1) is 14.8. The van der Waals surface area contributed by atoms with Gasteiger partial charge in [-0.2, -0.15) is 0 Å². The van der Waals surface area contributed by atoms with E-state index in [4.69, 9.17) is 0 Å². The number of fused-ring (bicyclic) bond motifs is 1. The normalized spacial score (nSPS) is 11.1. The molecule has 0 atom stereocenters. The first kappa shape index (κ1) is 20.4. The maximum Gasteiger partial charge on any atom is 0.337 e. The van der Waals surface area contributed by atoms with Crippen molar-refractivity contribution in [2.24, 2.45) is 7.05 Å². The lowest BCUT2D eigenvalue weighted by Gasteiger charge is -2.18. The van der Waals surface area contributed by atoms with Gasteiger partial charge in [0.1, 0.15) is 11.0 Å². The van der Waals surface area contributed by atoms with E-state index < -0.39 is 11.2 Å². The first-order valence-electron chi connectivity index (χ1n) is 10.1. The van der Waals surface area contributed by atoms with Gasteiger partial charge < -0.3 is 5.32 Å². The highest BCUT2D eigenvalue weighted by Crippen LogP contribution is 2.23. The van der Waals surface area contributed by atoms with Crippen molar-refractivity contribution in [1.29, 1.82) is 0 Å². The molecule has 0 spiro atoms. The van der Waals surface area contributed by atoms with Gasteiger partial charge in [0.2, 0.25) is 0 Å². The highest BCUT2D eigenvalue weighted by atomic mass is 16.2. The zero-order valence-electron chi connectivity index (χ0n) is 18.0. The molecule has 158 valence electrons. The van der Waals surface area contributed by atoms with Gasteiger partial charge in [-0.15, -0.1) is 0 Å². The molecule has 0 aliphatic carbocycles. The number of aryl methyl sites for hydroxylation is 3. The summed E-state index contributed by atoms with van der Waals surface area (Å²) < 4.78 is 3.96. The molecule has 0 saturated heterocycles. The predicted molar refractivity (Wildman–Crippen MR) is 124 cm³/mol. The van der Waals surface area contributed by atoms with Crippen LogP contribution < -0.4 is 22.1 Å². The van der Waals surface area contributed by atoms with Gasteiger partial charge in [0.15, 0.2) is 0 Å². The molecule has 2 aromatic heterocycles. The van der Waals surface area contributed by atoms with E-state index in [1.165, 1.54) is 19.8 Å². The molecule has 1 N–H and O–H groups in total. The summed E-state index contributed by atoms with van der Waals surface area (Å²) in [4.78, 5) is 39.4. The van der Waals surface area contributed by atoms with E-state index in [1.54, 1.807) is 14.0 Å². The molecule has 0 aliphatic heterocycles. The lowest BCUT2D eigenvalue weighted by molar-refractivity contribution is 0.653. The van der Waals surface area contributed by atoms with Gasteiger partial charge in [-0.1, -0.05) is 35.4 Å². The Bertz CT molecular complexity index is 1460. The summed E-state index contributed by atoms with van der Waals surface area (Å²) in [5, 5.41) is 3.48. The smallest absolute Gasteiger partial charge is 0.337 e. The number of rotatable bonds is 4. The van der Waals surface area contributed by atoms with Crippen LogP contribution in [0.4, 0.5) is 11.4 Å². The number of benzene rings is 2. The van der Waals surface area contributed by atoms with Crippen LogP contribution in [0.25, 0.3) is 16.7 Å². The lowest BCUT2D eigenvalue weighted by atomic mass is 10.2. The van der Waals surface area contributed by atoms with Gasteiger partial charge in [-0.3, -0.25) is 18.7 Å². The summed E-state index contributed by atoms with van der Waals surface area (Å²) in [6.07, 6.45) is 0. The minimum atomic E-state index is -0.480. The fourth-order valence-electron chi connectivity index (χ4n) is 3.69. The van der Waals surface area contributed by atoms with Crippen LogP contribution in [0, 0.1) is 13.8 Å². The monoisotopic (exact) mass is 416 g/mol. The van der Waals surface area contributed by atoms with Crippen LogP contribution in [0.5, 0.6) is 0 Å². The fraction of sp³-hybridized carbons (Fsp3) is 0.208. The Morgan fingerprint density at radius 2 is 1.45 bits per heavy atom. The number of anilines is 2. The third-order valence-electron chi connectivity index (χ3n) is 5.44. The first-order valence-corrected chi connectivity index (χ1v) is 10.1. The van der Waals surface area contributed by atoms with Crippen molar-refractivity contribution in [3.8, 4) is 5.69 Å². The second-order valence-corrected chi connectivity index (χ2v) is 7.65. The van der Waals surface area contributed by atoms with Gasteiger partial charge >= 0.3 is 5.69 Å². The summed E-state index contributed by atoms with van der Waals surface area (Å²) in [6, 6.07) is 16.4. The Balaban J connectivity index is 2.13. The maximum absolute atomic E-state index is 13.3. The average Bonchev–Trinajstić information content (AvgIpc) is 2.74. The van der Waals surface area contributed by atoms with Crippen LogP contribution in [0.1, 0.15) is 18.1 Å². The Hall–Kier alpha value is -3.87. The summed E-state index contributed by atoms with van der Waals surface area (Å²) in [5.41, 5.74) is 2.86. The number of nitrogens with one attached hydrogen (secondary N) is 1. The second kappa shape index (κ2) is 7.75. The van der Waals surface area contributed by atoms with Crippen molar-refractivity contribution in [2.75, 3.05) is 5.32 Å².